The third kappa shape index (κ3) is 62.7. The fourth-order valence-corrected chi connectivity index (χ4v) is 8.80. The van der Waals surface area contributed by atoms with Crippen LogP contribution >= 0.6 is 0 Å². The van der Waals surface area contributed by atoms with E-state index in [4.69, 9.17) is 14.2 Å². The Kier molecular flexibility index (Phi) is 61.8. The number of hydrogen-bond acceptors (Lipinski definition) is 6. The topological polar surface area (TPSA) is 78.9 Å². The van der Waals surface area contributed by atoms with Crippen molar-refractivity contribution in [3.63, 3.8) is 0 Å². The molecule has 0 bridgehead atoms. The molecular formula is C72H120O6. The Morgan fingerprint density at radius 1 is 0.269 bits per heavy atom. The number of hydrogen-bond donors (Lipinski definition) is 0. The molecule has 0 saturated heterocycles. The second-order valence-electron chi connectivity index (χ2n) is 21.3. The number of ether oxygens (including phenoxy) is 3. The van der Waals surface area contributed by atoms with Crippen molar-refractivity contribution in [3.8, 4) is 0 Å². The van der Waals surface area contributed by atoms with Crippen LogP contribution in [0.3, 0.4) is 0 Å². The maximum absolute atomic E-state index is 12.9. The molecule has 0 saturated carbocycles. The van der Waals surface area contributed by atoms with Crippen LogP contribution in [0.15, 0.2) is 122 Å². The number of rotatable bonds is 58. The predicted molar refractivity (Wildman–Crippen MR) is 339 cm³/mol. The third-order valence-electron chi connectivity index (χ3n) is 13.7. The number of carbonyl (C=O) groups is 3. The normalized spacial score (nSPS) is 12.9. The van der Waals surface area contributed by atoms with E-state index in [1.54, 1.807) is 0 Å². The lowest BCUT2D eigenvalue weighted by Crippen LogP contribution is -2.30. The average molecular weight is 1080 g/mol. The van der Waals surface area contributed by atoms with Gasteiger partial charge in [-0.05, 0) is 135 Å². The fourth-order valence-electron chi connectivity index (χ4n) is 8.80. The SMILES string of the molecule is CC/C=C\C/C=C\C/C=C\C/C=C\C/C=C\C/C=C\CCCCCCCCCCCCC(=O)OCC(COC(=O)CCCCCCC/C=C\C/C=C\CCCCC)OC(=O)CCCCCCC/C=C\C/C=C\CCCCCC. The summed E-state index contributed by atoms with van der Waals surface area (Å²) < 4.78 is 16.9. The van der Waals surface area contributed by atoms with E-state index in [-0.39, 0.29) is 31.1 Å². The molecule has 0 aliphatic heterocycles. The van der Waals surface area contributed by atoms with Crippen molar-refractivity contribution >= 4 is 17.9 Å². The van der Waals surface area contributed by atoms with Crippen LogP contribution in [0.5, 0.6) is 0 Å². The van der Waals surface area contributed by atoms with Crippen molar-refractivity contribution < 1.29 is 28.6 Å². The van der Waals surface area contributed by atoms with Gasteiger partial charge in [-0.1, -0.05) is 264 Å². The Morgan fingerprint density at radius 3 is 0.808 bits per heavy atom. The molecule has 1 unspecified atom stereocenters. The fraction of sp³-hybridized carbons (Fsp3) is 0.681. The van der Waals surface area contributed by atoms with Gasteiger partial charge in [-0.25, -0.2) is 0 Å². The highest BCUT2D eigenvalue weighted by atomic mass is 16.6. The van der Waals surface area contributed by atoms with Crippen LogP contribution in [-0.4, -0.2) is 37.2 Å². The Hall–Kier alpha value is -4.19. The van der Waals surface area contributed by atoms with Crippen LogP contribution in [0.2, 0.25) is 0 Å². The van der Waals surface area contributed by atoms with E-state index < -0.39 is 6.10 Å². The van der Waals surface area contributed by atoms with Crippen LogP contribution in [0, 0.1) is 0 Å². The lowest BCUT2D eigenvalue weighted by atomic mass is 10.1. The summed E-state index contributed by atoms with van der Waals surface area (Å²) in [6.45, 7) is 6.47. The third-order valence-corrected chi connectivity index (χ3v) is 13.7. The first-order chi connectivity index (χ1) is 38.5. The van der Waals surface area contributed by atoms with Crippen molar-refractivity contribution in [3.05, 3.63) is 122 Å². The number of carbonyl (C=O) groups excluding carboxylic acids is 3. The minimum absolute atomic E-state index is 0.0921. The highest BCUT2D eigenvalue weighted by molar-refractivity contribution is 5.71. The Labute approximate surface area is 482 Å². The molecule has 0 aromatic heterocycles. The molecule has 6 nitrogen and oxygen atoms in total. The van der Waals surface area contributed by atoms with Crippen molar-refractivity contribution in [2.75, 3.05) is 13.2 Å². The molecule has 0 aromatic carbocycles. The van der Waals surface area contributed by atoms with E-state index in [1.807, 2.05) is 0 Å². The van der Waals surface area contributed by atoms with Crippen molar-refractivity contribution in [1.29, 1.82) is 0 Å². The molecule has 6 heteroatoms. The second kappa shape index (κ2) is 65.3. The molecule has 0 amide bonds. The molecule has 0 heterocycles. The first-order valence-electron chi connectivity index (χ1n) is 32.5. The standard InChI is InChI=1S/C72H120O6/c1-4-7-10-13-16-19-22-25-28-30-31-32-33-34-35-36-37-38-39-40-41-42-45-47-50-53-56-59-62-65-71(74)77-68-69(67-76-70(73)64-61-58-55-52-49-46-43-27-24-21-18-15-12-9-6-3)78-72(75)66-63-60-57-54-51-48-44-29-26-23-20-17-14-11-8-5-2/h7,10,16,18-21,23,25,27-29,31-32,34-35,37-38,43-44,69H,4-6,8-9,11-15,17,22,24,26,30,33,36,39-42,45-68H2,1-3H3/b10-7-,19-16-,21-18-,23-20-,28-25-,32-31-,35-34-,38-37-,43-27-,44-29-. The van der Waals surface area contributed by atoms with Gasteiger partial charge in [0.25, 0.3) is 0 Å². The van der Waals surface area contributed by atoms with Crippen molar-refractivity contribution in [2.24, 2.45) is 0 Å². The summed E-state index contributed by atoms with van der Waals surface area (Å²) in [6, 6.07) is 0. The molecule has 0 aromatic rings. The lowest BCUT2D eigenvalue weighted by molar-refractivity contribution is -0.167. The molecule has 0 aliphatic carbocycles. The summed E-state index contributed by atoms with van der Waals surface area (Å²) in [5.41, 5.74) is 0. The molecule has 78 heavy (non-hydrogen) atoms. The molecular weight excluding hydrogens is 961 g/mol. The molecule has 0 fully saturated rings. The van der Waals surface area contributed by atoms with E-state index in [9.17, 15) is 14.4 Å². The number of unbranched alkanes of at least 4 members (excludes halogenated alkanes) is 27. The van der Waals surface area contributed by atoms with E-state index in [0.29, 0.717) is 19.3 Å². The van der Waals surface area contributed by atoms with Gasteiger partial charge >= 0.3 is 17.9 Å². The van der Waals surface area contributed by atoms with Gasteiger partial charge in [-0.2, -0.15) is 0 Å². The van der Waals surface area contributed by atoms with Crippen LogP contribution in [0.4, 0.5) is 0 Å². The quantitative estimate of drug-likeness (QED) is 0.0261. The van der Waals surface area contributed by atoms with Gasteiger partial charge in [0.05, 0.1) is 0 Å². The lowest BCUT2D eigenvalue weighted by Gasteiger charge is -2.18. The Bertz CT molecular complexity index is 1620. The molecule has 0 aliphatic rings. The molecule has 0 spiro atoms. The number of esters is 3. The average Bonchev–Trinajstić information content (AvgIpc) is 3.44. The summed E-state index contributed by atoms with van der Waals surface area (Å²) >= 11 is 0. The van der Waals surface area contributed by atoms with E-state index in [0.717, 1.165) is 148 Å². The zero-order valence-corrected chi connectivity index (χ0v) is 50.9. The zero-order valence-electron chi connectivity index (χ0n) is 50.9. The van der Waals surface area contributed by atoms with Crippen molar-refractivity contribution in [2.45, 2.75) is 303 Å². The van der Waals surface area contributed by atoms with E-state index in [2.05, 4.69) is 142 Å². The van der Waals surface area contributed by atoms with Crippen LogP contribution < -0.4 is 0 Å². The molecule has 0 radical (unpaired) electrons. The first kappa shape index (κ1) is 73.8. The molecule has 444 valence electrons. The molecule has 0 N–H and O–H groups in total. The highest BCUT2D eigenvalue weighted by Gasteiger charge is 2.19. The summed E-state index contributed by atoms with van der Waals surface area (Å²) in [4.78, 5) is 38.3. The second-order valence-corrected chi connectivity index (χ2v) is 21.3. The monoisotopic (exact) mass is 1080 g/mol. The van der Waals surface area contributed by atoms with Gasteiger partial charge in [0, 0.05) is 19.3 Å². The summed E-state index contributed by atoms with van der Waals surface area (Å²) in [7, 11) is 0. The maximum Gasteiger partial charge on any atom is 0.306 e. The smallest absolute Gasteiger partial charge is 0.306 e. The van der Waals surface area contributed by atoms with Crippen LogP contribution in [0.1, 0.15) is 297 Å². The van der Waals surface area contributed by atoms with Gasteiger partial charge in [0.15, 0.2) is 6.10 Å². The molecule has 0 rings (SSSR count). The summed E-state index contributed by atoms with van der Waals surface area (Å²) in [5, 5.41) is 0. The van der Waals surface area contributed by atoms with Gasteiger partial charge in [-0.15, -0.1) is 0 Å². The minimum atomic E-state index is -0.797. The summed E-state index contributed by atoms with van der Waals surface area (Å²) in [5.74, 6) is -0.919. The first-order valence-corrected chi connectivity index (χ1v) is 32.5. The summed E-state index contributed by atoms with van der Waals surface area (Å²) in [6.07, 6.45) is 90.6. The zero-order chi connectivity index (χ0) is 56.4. The predicted octanol–water partition coefficient (Wildman–Crippen LogP) is 22.4. The Balaban J connectivity index is 4.34. The minimum Gasteiger partial charge on any atom is -0.462 e. The van der Waals surface area contributed by atoms with Gasteiger partial charge < -0.3 is 14.2 Å². The maximum atomic E-state index is 12.9. The Morgan fingerprint density at radius 2 is 0.500 bits per heavy atom. The van der Waals surface area contributed by atoms with E-state index in [1.165, 1.54) is 109 Å². The van der Waals surface area contributed by atoms with Gasteiger partial charge in [-0.3, -0.25) is 14.4 Å². The number of allylic oxidation sites excluding steroid dienone is 20. The van der Waals surface area contributed by atoms with Gasteiger partial charge in [0.1, 0.15) is 13.2 Å². The van der Waals surface area contributed by atoms with Crippen molar-refractivity contribution in [1.82, 2.24) is 0 Å². The van der Waals surface area contributed by atoms with Crippen LogP contribution in [0.25, 0.3) is 0 Å². The van der Waals surface area contributed by atoms with Gasteiger partial charge in [0.2, 0.25) is 0 Å². The van der Waals surface area contributed by atoms with E-state index >= 15 is 0 Å². The van der Waals surface area contributed by atoms with Crippen LogP contribution in [-0.2, 0) is 28.6 Å². The largest absolute Gasteiger partial charge is 0.462 e. The highest BCUT2D eigenvalue weighted by Crippen LogP contribution is 2.15. The molecule has 1 atom stereocenters.